The van der Waals surface area contributed by atoms with E-state index in [1.165, 1.54) is 17.8 Å². The van der Waals surface area contributed by atoms with E-state index in [0.29, 0.717) is 0 Å². The van der Waals surface area contributed by atoms with Gasteiger partial charge in [0.2, 0.25) is 0 Å². The molecule has 0 unspecified atom stereocenters. The molecule has 3 heterocycles. The zero-order chi connectivity index (χ0) is 10.3. The zero-order valence-corrected chi connectivity index (χ0v) is 8.05. The molecular formula is C11H10FN3. The van der Waals surface area contributed by atoms with Gasteiger partial charge >= 0.3 is 0 Å². The molecule has 0 aromatic carbocycles. The first-order valence-corrected chi connectivity index (χ1v) is 4.87. The molecule has 2 aromatic heterocycles. The van der Waals surface area contributed by atoms with Gasteiger partial charge in [0.1, 0.15) is 11.5 Å². The van der Waals surface area contributed by atoms with Crippen LogP contribution in [0.15, 0.2) is 24.5 Å². The van der Waals surface area contributed by atoms with Crippen LogP contribution in [0.5, 0.6) is 0 Å². The fraction of sp³-hybridized carbons (Fsp3) is 0.182. The number of pyridine rings is 1. The Hall–Kier alpha value is -1.68. The maximum atomic E-state index is 13.1. The van der Waals surface area contributed by atoms with Crippen LogP contribution in [0.4, 0.5) is 4.39 Å². The van der Waals surface area contributed by atoms with Gasteiger partial charge in [-0.25, -0.2) is 9.37 Å². The highest BCUT2D eigenvalue weighted by molar-refractivity contribution is 5.91. The quantitative estimate of drug-likeness (QED) is 0.740. The van der Waals surface area contributed by atoms with Crippen molar-refractivity contribution < 1.29 is 4.39 Å². The van der Waals surface area contributed by atoms with E-state index in [9.17, 15) is 4.39 Å². The van der Waals surface area contributed by atoms with Crippen LogP contribution >= 0.6 is 0 Å². The first kappa shape index (κ1) is 8.61. The van der Waals surface area contributed by atoms with Gasteiger partial charge in [0.15, 0.2) is 0 Å². The molecule has 76 valence electrons. The summed E-state index contributed by atoms with van der Waals surface area (Å²) in [6.45, 7) is 1.72. The normalized spacial score (nSPS) is 15.9. The van der Waals surface area contributed by atoms with Gasteiger partial charge in [0.25, 0.3) is 0 Å². The molecule has 3 rings (SSSR count). The third-order valence-corrected chi connectivity index (χ3v) is 2.65. The van der Waals surface area contributed by atoms with Crippen molar-refractivity contribution in [3.8, 4) is 0 Å². The second-order valence-corrected chi connectivity index (χ2v) is 3.61. The number of nitrogens with one attached hydrogen (secondary N) is 2. The van der Waals surface area contributed by atoms with Crippen molar-refractivity contribution in [2.45, 2.75) is 0 Å². The van der Waals surface area contributed by atoms with Crippen LogP contribution in [-0.2, 0) is 0 Å². The highest BCUT2D eigenvalue weighted by Crippen LogP contribution is 2.25. The second kappa shape index (κ2) is 3.17. The number of fused-ring (bicyclic) bond motifs is 1. The lowest BCUT2D eigenvalue weighted by atomic mass is 10.1. The van der Waals surface area contributed by atoms with Crippen molar-refractivity contribution in [1.82, 2.24) is 15.3 Å². The van der Waals surface area contributed by atoms with Crippen molar-refractivity contribution >= 4 is 16.6 Å². The summed E-state index contributed by atoms with van der Waals surface area (Å²) in [6, 6.07) is 1.52. The molecule has 0 spiro atoms. The average molecular weight is 203 g/mol. The van der Waals surface area contributed by atoms with E-state index in [1.807, 2.05) is 6.20 Å². The standard InChI is InChI=1S/C11H10FN3/c12-8-3-9-10(7-1-2-13-4-7)6-15-11(9)14-5-8/h1,3,5-6,13H,2,4H2,(H,14,15). The second-order valence-electron chi connectivity index (χ2n) is 3.61. The van der Waals surface area contributed by atoms with Gasteiger partial charge in [-0.2, -0.15) is 0 Å². The van der Waals surface area contributed by atoms with Gasteiger partial charge in [-0.3, -0.25) is 0 Å². The van der Waals surface area contributed by atoms with E-state index in [0.717, 1.165) is 29.7 Å². The van der Waals surface area contributed by atoms with Crippen LogP contribution in [-0.4, -0.2) is 23.1 Å². The van der Waals surface area contributed by atoms with E-state index in [-0.39, 0.29) is 5.82 Å². The summed E-state index contributed by atoms with van der Waals surface area (Å²) in [7, 11) is 0. The number of aromatic nitrogens is 2. The first-order valence-electron chi connectivity index (χ1n) is 4.87. The van der Waals surface area contributed by atoms with Crippen molar-refractivity contribution in [3.05, 3.63) is 35.9 Å². The van der Waals surface area contributed by atoms with Crippen LogP contribution < -0.4 is 5.32 Å². The Labute approximate surface area is 86.0 Å². The number of rotatable bonds is 1. The van der Waals surface area contributed by atoms with Gasteiger partial charge in [-0.1, -0.05) is 6.08 Å². The SMILES string of the molecule is Fc1cnc2[nH]cc(C3=CCNC3)c2c1. The van der Waals surface area contributed by atoms with E-state index in [1.54, 1.807) is 0 Å². The van der Waals surface area contributed by atoms with Crippen molar-refractivity contribution in [2.75, 3.05) is 13.1 Å². The highest BCUT2D eigenvalue weighted by Gasteiger charge is 2.12. The number of hydrogen-bond donors (Lipinski definition) is 2. The van der Waals surface area contributed by atoms with Crippen molar-refractivity contribution in [2.24, 2.45) is 0 Å². The molecule has 0 atom stereocenters. The molecule has 1 aliphatic heterocycles. The Balaban J connectivity index is 2.22. The molecule has 4 heteroatoms. The Morgan fingerprint density at radius 3 is 3.13 bits per heavy atom. The third kappa shape index (κ3) is 1.34. The summed E-state index contributed by atoms with van der Waals surface area (Å²) < 4.78 is 13.1. The van der Waals surface area contributed by atoms with Crippen molar-refractivity contribution in [1.29, 1.82) is 0 Å². The maximum absolute atomic E-state index is 13.1. The van der Waals surface area contributed by atoms with Gasteiger partial charge in [0, 0.05) is 30.2 Å². The molecule has 0 aliphatic carbocycles. The molecule has 0 fully saturated rings. The Morgan fingerprint density at radius 1 is 1.40 bits per heavy atom. The van der Waals surface area contributed by atoms with Crippen LogP contribution in [0.1, 0.15) is 5.56 Å². The maximum Gasteiger partial charge on any atom is 0.142 e. The summed E-state index contributed by atoms with van der Waals surface area (Å²) in [6.07, 6.45) is 5.23. The van der Waals surface area contributed by atoms with E-state index in [2.05, 4.69) is 21.4 Å². The van der Waals surface area contributed by atoms with E-state index >= 15 is 0 Å². The predicted octanol–water partition coefficient (Wildman–Crippen LogP) is 1.69. The highest BCUT2D eigenvalue weighted by atomic mass is 19.1. The summed E-state index contributed by atoms with van der Waals surface area (Å²) in [5, 5.41) is 4.07. The summed E-state index contributed by atoms with van der Waals surface area (Å²) in [4.78, 5) is 7.04. The molecule has 0 amide bonds. The molecule has 0 saturated heterocycles. The van der Waals surface area contributed by atoms with Gasteiger partial charge in [-0.05, 0) is 11.6 Å². The average Bonchev–Trinajstić information content (AvgIpc) is 2.83. The van der Waals surface area contributed by atoms with E-state index in [4.69, 9.17) is 0 Å². The van der Waals surface area contributed by atoms with Gasteiger partial charge < -0.3 is 10.3 Å². The molecule has 0 bridgehead atoms. The number of H-pyrrole nitrogens is 1. The van der Waals surface area contributed by atoms with E-state index < -0.39 is 0 Å². The van der Waals surface area contributed by atoms with Crippen LogP contribution in [0.2, 0.25) is 0 Å². The monoisotopic (exact) mass is 203 g/mol. The van der Waals surface area contributed by atoms with Crippen molar-refractivity contribution in [3.63, 3.8) is 0 Å². The molecular weight excluding hydrogens is 193 g/mol. The lowest BCUT2D eigenvalue weighted by molar-refractivity contribution is 0.624. The fourth-order valence-corrected chi connectivity index (χ4v) is 1.92. The van der Waals surface area contributed by atoms with Crippen LogP contribution in [0.25, 0.3) is 16.6 Å². The number of nitrogens with zero attached hydrogens (tertiary/aromatic N) is 1. The Bertz CT molecular complexity index is 542. The Kier molecular flexibility index (Phi) is 1.82. The zero-order valence-electron chi connectivity index (χ0n) is 8.05. The largest absolute Gasteiger partial charge is 0.346 e. The smallest absolute Gasteiger partial charge is 0.142 e. The molecule has 1 aliphatic rings. The topological polar surface area (TPSA) is 40.7 Å². The Morgan fingerprint density at radius 2 is 2.33 bits per heavy atom. The molecule has 0 saturated carbocycles. The lowest BCUT2D eigenvalue weighted by Gasteiger charge is -1.98. The van der Waals surface area contributed by atoms with Crippen LogP contribution in [0, 0.1) is 5.82 Å². The van der Waals surface area contributed by atoms with Gasteiger partial charge in [-0.15, -0.1) is 0 Å². The minimum atomic E-state index is -0.296. The van der Waals surface area contributed by atoms with Gasteiger partial charge in [0.05, 0.1) is 6.20 Å². The fourth-order valence-electron chi connectivity index (χ4n) is 1.92. The predicted molar refractivity (Wildman–Crippen MR) is 56.9 cm³/mol. The molecule has 2 N–H and O–H groups in total. The minimum absolute atomic E-state index is 0.296. The summed E-state index contributed by atoms with van der Waals surface area (Å²) in [5.41, 5.74) is 2.98. The minimum Gasteiger partial charge on any atom is -0.346 e. The number of aromatic amines is 1. The summed E-state index contributed by atoms with van der Waals surface area (Å²) >= 11 is 0. The summed E-state index contributed by atoms with van der Waals surface area (Å²) in [5.74, 6) is -0.296. The number of hydrogen-bond acceptors (Lipinski definition) is 2. The van der Waals surface area contributed by atoms with Crippen LogP contribution in [0.3, 0.4) is 0 Å². The number of halogens is 1. The molecule has 15 heavy (non-hydrogen) atoms. The lowest BCUT2D eigenvalue weighted by Crippen LogP contribution is -2.07. The third-order valence-electron chi connectivity index (χ3n) is 2.65. The molecule has 3 nitrogen and oxygen atoms in total. The molecule has 0 radical (unpaired) electrons. The molecule has 2 aromatic rings. The first-order chi connectivity index (χ1) is 7.34.